The van der Waals surface area contributed by atoms with Crippen LogP contribution in [0.15, 0.2) is 35.4 Å². The molecule has 5 nitrogen and oxygen atoms in total. The number of nitrogens with zero attached hydrogens (tertiary/aromatic N) is 2. The van der Waals surface area contributed by atoms with E-state index in [4.69, 9.17) is 4.74 Å². The first-order valence-corrected chi connectivity index (χ1v) is 7.58. The van der Waals surface area contributed by atoms with Gasteiger partial charge in [0.05, 0.1) is 6.61 Å². The molecule has 0 fully saturated rings. The first-order chi connectivity index (χ1) is 9.76. The molecule has 2 heterocycles. The number of nitrogens with one attached hydrogen (secondary N) is 1. The lowest BCUT2D eigenvalue weighted by atomic mass is 10.3. The van der Waals surface area contributed by atoms with E-state index < -0.39 is 0 Å². The van der Waals surface area contributed by atoms with Crippen LogP contribution in [-0.4, -0.2) is 28.3 Å². The molecule has 104 valence electrons. The molecule has 1 aromatic carbocycles. The average Bonchev–Trinajstić information content (AvgIpc) is 2.91. The van der Waals surface area contributed by atoms with E-state index in [1.165, 1.54) is 0 Å². The summed E-state index contributed by atoms with van der Waals surface area (Å²) in [6.07, 6.45) is 3.79. The van der Waals surface area contributed by atoms with Gasteiger partial charge in [-0.25, -0.2) is 4.98 Å². The van der Waals surface area contributed by atoms with Crippen LogP contribution in [0.1, 0.15) is 16.3 Å². The van der Waals surface area contributed by atoms with Crippen molar-refractivity contribution in [3.05, 3.63) is 42.0 Å². The molecule has 0 spiro atoms. The standard InChI is InChI=1S/C14H15N3O2S/c1-20-11-4-2-3-10(7-11)15-14(18)12-8-17-5-6-19-9-13(17)16-12/h2-4,7-8H,5-6,9H2,1H3,(H,15,18). The number of anilines is 1. The van der Waals surface area contributed by atoms with E-state index in [0.717, 1.165) is 23.0 Å². The molecule has 1 aliphatic rings. The van der Waals surface area contributed by atoms with Gasteiger partial charge in [0.1, 0.15) is 18.1 Å². The zero-order valence-electron chi connectivity index (χ0n) is 11.1. The largest absolute Gasteiger partial charge is 0.372 e. The van der Waals surface area contributed by atoms with E-state index in [0.29, 0.717) is 18.9 Å². The number of imidazole rings is 1. The lowest BCUT2D eigenvalue weighted by Gasteiger charge is -2.13. The Labute approximate surface area is 121 Å². The van der Waals surface area contributed by atoms with Crippen molar-refractivity contribution in [1.29, 1.82) is 0 Å². The maximum absolute atomic E-state index is 12.2. The average molecular weight is 289 g/mol. The van der Waals surface area contributed by atoms with Gasteiger partial charge < -0.3 is 14.6 Å². The van der Waals surface area contributed by atoms with E-state index in [1.807, 2.05) is 35.1 Å². The van der Waals surface area contributed by atoms with Gasteiger partial charge in [0.15, 0.2) is 0 Å². The molecule has 2 aromatic rings. The second kappa shape index (κ2) is 5.68. The monoisotopic (exact) mass is 289 g/mol. The van der Waals surface area contributed by atoms with Gasteiger partial charge in [-0.05, 0) is 24.5 Å². The Morgan fingerprint density at radius 3 is 3.20 bits per heavy atom. The summed E-state index contributed by atoms with van der Waals surface area (Å²) in [5.74, 6) is 0.615. The number of hydrogen-bond acceptors (Lipinski definition) is 4. The summed E-state index contributed by atoms with van der Waals surface area (Å²) in [5.41, 5.74) is 1.21. The number of carbonyl (C=O) groups excluding carboxylic acids is 1. The molecule has 1 amide bonds. The van der Waals surface area contributed by atoms with Crippen molar-refractivity contribution in [3.63, 3.8) is 0 Å². The normalized spacial score (nSPS) is 13.8. The molecule has 6 heteroatoms. The summed E-state index contributed by atoms with van der Waals surface area (Å²) >= 11 is 1.64. The lowest BCUT2D eigenvalue weighted by Crippen LogP contribution is -2.15. The first kappa shape index (κ1) is 13.2. The number of ether oxygens (including phenoxy) is 1. The molecule has 0 bridgehead atoms. The van der Waals surface area contributed by atoms with Crippen LogP contribution in [0.25, 0.3) is 0 Å². The molecule has 0 unspecified atom stereocenters. The van der Waals surface area contributed by atoms with Crippen molar-refractivity contribution in [2.75, 3.05) is 18.2 Å². The third-order valence-corrected chi connectivity index (χ3v) is 3.85. The molecule has 0 saturated heterocycles. The number of aromatic nitrogens is 2. The summed E-state index contributed by atoms with van der Waals surface area (Å²) in [6, 6.07) is 7.75. The van der Waals surface area contributed by atoms with Crippen LogP contribution in [0.2, 0.25) is 0 Å². The molecule has 0 atom stereocenters. The third kappa shape index (κ3) is 2.71. The maximum Gasteiger partial charge on any atom is 0.275 e. The Hall–Kier alpha value is -1.79. The highest BCUT2D eigenvalue weighted by atomic mass is 32.2. The van der Waals surface area contributed by atoms with Crippen LogP contribution in [0.4, 0.5) is 5.69 Å². The fourth-order valence-electron chi connectivity index (χ4n) is 2.09. The minimum absolute atomic E-state index is 0.190. The van der Waals surface area contributed by atoms with Crippen LogP contribution in [0.3, 0.4) is 0 Å². The molecular weight excluding hydrogens is 274 g/mol. The SMILES string of the molecule is CSc1cccc(NC(=O)c2cn3c(n2)COCC3)c1. The van der Waals surface area contributed by atoms with Crippen molar-refractivity contribution in [2.45, 2.75) is 18.0 Å². The minimum Gasteiger partial charge on any atom is -0.372 e. The van der Waals surface area contributed by atoms with E-state index in [1.54, 1.807) is 18.0 Å². The van der Waals surface area contributed by atoms with E-state index in [9.17, 15) is 4.79 Å². The zero-order valence-corrected chi connectivity index (χ0v) is 11.9. The third-order valence-electron chi connectivity index (χ3n) is 3.13. The van der Waals surface area contributed by atoms with Gasteiger partial charge in [-0.1, -0.05) is 6.07 Å². The molecule has 0 radical (unpaired) electrons. The van der Waals surface area contributed by atoms with Crippen molar-refractivity contribution in [1.82, 2.24) is 9.55 Å². The molecule has 1 aliphatic heterocycles. The Kier molecular flexibility index (Phi) is 3.75. The van der Waals surface area contributed by atoms with Crippen LogP contribution >= 0.6 is 11.8 Å². The Bertz CT molecular complexity index is 616. The second-order valence-electron chi connectivity index (χ2n) is 4.47. The van der Waals surface area contributed by atoms with Crippen LogP contribution in [0.5, 0.6) is 0 Å². The van der Waals surface area contributed by atoms with Gasteiger partial charge in [-0.15, -0.1) is 11.8 Å². The van der Waals surface area contributed by atoms with Gasteiger partial charge in [-0.2, -0.15) is 0 Å². The van der Waals surface area contributed by atoms with Crippen molar-refractivity contribution in [3.8, 4) is 0 Å². The van der Waals surface area contributed by atoms with Crippen LogP contribution in [0, 0.1) is 0 Å². The van der Waals surface area contributed by atoms with Crippen molar-refractivity contribution in [2.24, 2.45) is 0 Å². The van der Waals surface area contributed by atoms with Gasteiger partial charge in [0.2, 0.25) is 0 Å². The summed E-state index contributed by atoms with van der Waals surface area (Å²) in [5, 5.41) is 2.87. The fourth-order valence-corrected chi connectivity index (χ4v) is 2.55. The minimum atomic E-state index is -0.190. The highest BCUT2D eigenvalue weighted by molar-refractivity contribution is 7.98. The predicted molar refractivity (Wildman–Crippen MR) is 78.1 cm³/mol. The van der Waals surface area contributed by atoms with Crippen LogP contribution < -0.4 is 5.32 Å². The Morgan fingerprint density at radius 2 is 2.40 bits per heavy atom. The van der Waals surface area contributed by atoms with Crippen molar-refractivity contribution < 1.29 is 9.53 Å². The summed E-state index contributed by atoms with van der Waals surface area (Å²) in [4.78, 5) is 17.6. The van der Waals surface area contributed by atoms with E-state index >= 15 is 0 Å². The number of thioether (sulfide) groups is 1. The first-order valence-electron chi connectivity index (χ1n) is 6.35. The molecule has 1 aromatic heterocycles. The van der Waals surface area contributed by atoms with Gasteiger partial charge >= 0.3 is 0 Å². The molecule has 1 N–H and O–H groups in total. The summed E-state index contributed by atoms with van der Waals surface area (Å²) in [6.45, 7) is 1.88. The number of carbonyl (C=O) groups is 1. The van der Waals surface area contributed by atoms with E-state index in [-0.39, 0.29) is 5.91 Å². The topological polar surface area (TPSA) is 56.2 Å². The highest BCUT2D eigenvalue weighted by Crippen LogP contribution is 2.19. The number of rotatable bonds is 3. The Balaban J connectivity index is 1.77. The zero-order chi connectivity index (χ0) is 13.9. The molecule has 3 rings (SSSR count). The van der Waals surface area contributed by atoms with Gasteiger partial charge in [-0.3, -0.25) is 4.79 Å². The quantitative estimate of drug-likeness (QED) is 0.882. The molecule has 20 heavy (non-hydrogen) atoms. The van der Waals surface area contributed by atoms with Crippen molar-refractivity contribution >= 4 is 23.4 Å². The Morgan fingerprint density at radius 1 is 1.50 bits per heavy atom. The lowest BCUT2D eigenvalue weighted by molar-refractivity contribution is 0.0816. The highest BCUT2D eigenvalue weighted by Gasteiger charge is 2.17. The summed E-state index contributed by atoms with van der Waals surface area (Å²) in [7, 11) is 0. The smallest absolute Gasteiger partial charge is 0.275 e. The van der Waals surface area contributed by atoms with E-state index in [2.05, 4.69) is 10.3 Å². The number of benzene rings is 1. The fraction of sp³-hybridized carbons (Fsp3) is 0.286. The molecular formula is C14H15N3O2S. The number of fused-ring (bicyclic) bond motifs is 1. The van der Waals surface area contributed by atoms with Crippen LogP contribution in [-0.2, 0) is 17.9 Å². The number of amides is 1. The second-order valence-corrected chi connectivity index (χ2v) is 5.35. The molecule has 0 saturated carbocycles. The molecule has 0 aliphatic carbocycles. The summed E-state index contributed by atoms with van der Waals surface area (Å²) < 4.78 is 7.29. The maximum atomic E-state index is 12.2. The van der Waals surface area contributed by atoms with Gasteiger partial charge in [0.25, 0.3) is 5.91 Å². The number of hydrogen-bond donors (Lipinski definition) is 1. The van der Waals surface area contributed by atoms with Gasteiger partial charge in [0, 0.05) is 23.3 Å². The predicted octanol–water partition coefficient (Wildman–Crippen LogP) is 2.39.